The predicted octanol–water partition coefficient (Wildman–Crippen LogP) is 3.89. The Labute approximate surface area is 166 Å². The van der Waals surface area contributed by atoms with Gasteiger partial charge in [-0.2, -0.15) is 0 Å². The third kappa shape index (κ3) is 4.10. The minimum Gasteiger partial charge on any atom is -0.351 e. The smallest absolute Gasteiger partial charge is 0.351 e. The maximum absolute atomic E-state index is 13.5. The molecule has 1 aliphatic heterocycles. The SMILES string of the molecule is CCOP(=O)(OCC)C1CN(c2ccccc2)CN(c2ccccc2)S1(=O)=O. The van der Waals surface area contributed by atoms with Crippen LogP contribution in [0.4, 0.5) is 11.4 Å². The summed E-state index contributed by atoms with van der Waals surface area (Å²) in [6.45, 7) is 3.67. The van der Waals surface area contributed by atoms with E-state index < -0.39 is 22.6 Å². The van der Waals surface area contributed by atoms with Crippen LogP contribution in [-0.4, -0.2) is 39.8 Å². The maximum Gasteiger partial charge on any atom is 0.352 e. The molecule has 0 spiro atoms. The van der Waals surface area contributed by atoms with E-state index in [0.717, 1.165) is 5.69 Å². The number of benzene rings is 2. The minimum absolute atomic E-state index is 0.0208. The van der Waals surface area contributed by atoms with Crippen molar-refractivity contribution < 1.29 is 22.0 Å². The second-order valence-corrected chi connectivity index (χ2v) is 10.9. The van der Waals surface area contributed by atoms with Gasteiger partial charge in [0.1, 0.15) is 6.67 Å². The first-order chi connectivity index (χ1) is 13.4. The van der Waals surface area contributed by atoms with Crippen molar-refractivity contribution in [3.63, 3.8) is 0 Å². The third-order valence-corrected chi connectivity index (χ3v) is 9.92. The zero-order valence-corrected chi connectivity index (χ0v) is 17.7. The molecule has 1 saturated heterocycles. The monoisotopic (exact) mass is 424 g/mol. The number of anilines is 2. The lowest BCUT2D eigenvalue weighted by Crippen LogP contribution is -2.56. The summed E-state index contributed by atoms with van der Waals surface area (Å²) < 4.78 is 52.5. The van der Waals surface area contributed by atoms with E-state index in [0.29, 0.717) is 5.69 Å². The summed E-state index contributed by atoms with van der Waals surface area (Å²) in [4.78, 5) is 0.553. The highest BCUT2D eigenvalue weighted by molar-refractivity contribution is 7.99. The molecule has 1 atom stereocenters. The molecule has 0 N–H and O–H groups in total. The van der Waals surface area contributed by atoms with E-state index in [1.807, 2.05) is 41.3 Å². The second kappa shape index (κ2) is 8.66. The highest BCUT2D eigenvalue weighted by Crippen LogP contribution is 2.57. The molecule has 1 fully saturated rings. The topological polar surface area (TPSA) is 76.2 Å². The van der Waals surface area contributed by atoms with E-state index in [1.165, 1.54) is 4.31 Å². The zero-order valence-electron chi connectivity index (χ0n) is 16.0. The van der Waals surface area contributed by atoms with Gasteiger partial charge >= 0.3 is 7.60 Å². The molecule has 152 valence electrons. The van der Waals surface area contributed by atoms with Gasteiger partial charge in [-0.3, -0.25) is 8.87 Å². The van der Waals surface area contributed by atoms with Crippen LogP contribution in [0, 0.1) is 0 Å². The van der Waals surface area contributed by atoms with Gasteiger partial charge in [0, 0.05) is 5.69 Å². The number of rotatable bonds is 7. The molecule has 28 heavy (non-hydrogen) atoms. The van der Waals surface area contributed by atoms with Crippen molar-refractivity contribution in [2.75, 3.05) is 35.6 Å². The number of hydrogen-bond donors (Lipinski definition) is 0. The Bertz CT molecular complexity index is 914. The summed E-state index contributed by atoms with van der Waals surface area (Å²) in [5, 5.41) is 0. The van der Waals surface area contributed by atoms with E-state index in [-0.39, 0.29) is 26.4 Å². The summed E-state index contributed by atoms with van der Waals surface area (Å²) in [5.41, 5.74) is 1.34. The number of nitrogens with zero attached hydrogens (tertiary/aromatic N) is 2. The normalized spacial score (nSPS) is 19.6. The van der Waals surface area contributed by atoms with Crippen molar-refractivity contribution >= 4 is 29.0 Å². The predicted molar refractivity (Wildman–Crippen MR) is 111 cm³/mol. The van der Waals surface area contributed by atoms with E-state index >= 15 is 0 Å². The number of para-hydroxylation sites is 2. The summed E-state index contributed by atoms with van der Waals surface area (Å²) in [7, 11) is -7.88. The van der Waals surface area contributed by atoms with Crippen LogP contribution in [0.5, 0.6) is 0 Å². The molecule has 9 heteroatoms. The highest BCUT2D eigenvalue weighted by atomic mass is 32.2. The Hall–Kier alpha value is -1.86. The average Bonchev–Trinajstić information content (AvgIpc) is 2.69. The molecule has 2 aromatic rings. The Morgan fingerprint density at radius 2 is 1.43 bits per heavy atom. The summed E-state index contributed by atoms with van der Waals surface area (Å²) in [5.74, 6) is 0. The molecule has 0 aliphatic carbocycles. The molecule has 1 unspecified atom stereocenters. The van der Waals surface area contributed by atoms with Crippen LogP contribution >= 0.6 is 7.60 Å². The van der Waals surface area contributed by atoms with Gasteiger partial charge in [-0.15, -0.1) is 0 Å². The largest absolute Gasteiger partial charge is 0.352 e. The lowest BCUT2D eigenvalue weighted by atomic mass is 10.3. The molecule has 0 saturated carbocycles. The Morgan fingerprint density at radius 1 is 0.929 bits per heavy atom. The van der Waals surface area contributed by atoms with Crippen LogP contribution in [0.3, 0.4) is 0 Å². The van der Waals surface area contributed by atoms with Crippen molar-refractivity contribution in [1.29, 1.82) is 0 Å². The van der Waals surface area contributed by atoms with E-state index in [2.05, 4.69) is 0 Å². The molecular formula is C19H25N2O5PS. The van der Waals surface area contributed by atoms with Gasteiger partial charge in [-0.05, 0) is 38.1 Å². The third-order valence-electron chi connectivity index (χ3n) is 4.46. The Balaban J connectivity index is 2.09. The molecule has 3 rings (SSSR count). The van der Waals surface area contributed by atoms with Gasteiger partial charge in [0.05, 0.1) is 25.4 Å². The van der Waals surface area contributed by atoms with Crippen LogP contribution < -0.4 is 9.21 Å². The first-order valence-corrected chi connectivity index (χ1v) is 12.3. The fraction of sp³-hybridized carbons (Fsp3) is 0.368. The van der Waals surface area contributed by atoms with Crippen LogP contribution in [0.25, 0.3) is 0 Å². The molecular weight excluding hydrogens is 399 g/mol. The average molecular weight is 424 g/mol. The van der Waals surface area contributed by atoms with E-state index in [9.17, 15) is 13.0 Å². The maximum atomic E-state index is 13.5. The van der Waals surface area contributed by atoms with Crippen LogP contribution in [-0.2, 0) is 23.6 Å². The van der Waals surface area contributed by atoms with Gasteiger partial charge in [-0.25, -0.2) is 8.42 Å². The first kappa shape index (κ1) is 20.9. The van der Waals surface area contributed by atoms with Gasteiger partial charge in [0.25, 0.3) is 10.0 Å². The Morgan fingerprint density at radius 3 is 1.93 bits per heavy atom. The molecule has 0 amide bonds. The van der Waals surface area contributed by atoms with Gasteiger partial charge < -0.3 is 13.9 Å². The summed E-state index contributed by atoms with van der Waals surface area (Å²) >= 11 is 0. The molecule has 1 heterocycles. The molecule has 2 aromatic carbocycles. The van der Waals surface area contributed by atoms with Crippen LogP contribution in [0.1, 0.15) is 13.8 Å². The van der Waals surface area contributed by atoms with Gasteiger partial charge in [0.2, 0.25) is 0 Å². The highest BCUT2D eigenvalue weighted by Gasteiger charge is 2.52. The van der Waals surface area contributed by atoms with Crippen molar-refractivity contribution in [3.05, 3.63) is 60.7 Å². The van der Waals surface area contributed by atoms with E-state index in [4.69, 9.17) is 9.05 Å². The van der Waals surface area contributed by atoms with Crippen LogP contribution in [0.2, 0.25) is 0 Å². The zero-order chi connectivity index (χ0) is 20.2. The number of sulfonamides is 1. The van der Waals surface area contributed by atoms with E-state index in [1.54, 1.807) is 38.1 Å². The lowest BCUT2D eigenvalue weighted by molar-refractivity contribution is 0.217. The Kier molecular flexibility index (Phi) is 6.45. The van der Waals surface area contributed by atoms with Crippen molar-refractivity contribution in [2.24, 2.45) is 0 Å². The fourth-order valence-electron chi connectivity index (χ4n) is 3.20. The summed E-state index contributed by atoms with van der Waals surface area (Å²) in [6, 6.07) is 18.2. The lowest BCUT2D eigenvalue weighted by Gasteiger charge is -2.42. The standard InChI is InChI=1S/C19H25N2O5PS/c1-3-25-27(22,26-4-2)19-15-20(17-11-7-5-8-12-17)16-21(28(19,23)24)18-13-9-6-10-14-18/h5-14,19H,3-4,15-16H2,1-2H3. The quantitative estimate of drug-likeness (QED) is 0.628. The van der Waals surface area contributed by atoms with Crippen molar-refractivity contribution in [1.82, 2.24) is 0 Å². The molecule has 0 aromatic heterocycles. The first-order valence-electron chi connectivity index (χ1n) is 9.17. The minimum atomic E-state index is -3.98. The van der Waals surface area contributed by atoms with Gasteiger partial charge in [0.15, 0.2) is 4.99 Å². The second-order valence-electron chi connectivity index (χ2n) is 6.26. The van der Waals surface area contributed by atoms with Crippen molar-refractivity contribution in [2.45, 2.75) is 18.8 Å². The fourth-order valence-corrected chi connectivity index (χ4v) is 8.11. The number of hydrogen-bond acceptors (Lipinski definition) is 6. The van der Waals surface area contributed by atoms with Crippen LogP contribution in [0.15, 0.2) is 60.7 Å². The molecule has 0 radical (unpaired) electrons. The summed E-state index contributed by atoms with van der Waals surface area (Å²) in [6.07, 6.45) is 0. The van der Waals surface area contributed by atoms with Crippen molar-refractivity contribution in [3.8, 4) is 0 Å². The molecule has 1 aliphatic rings. The molecule has 7 nitrogen and oxygen atoms in total. The molecule has 0 bridgehead atoms. The van der Waals surface area contributed by atoms with Gasteiger partial charge in [-0.1, -0.05) is 36.4 Å².